The zero-order chi connectivity index (χ0) is 16.2. The summed E-state index contributed by atoms with van der Waals surface area (Å²) < 4.78 is 1.25. The molecule has 1 aromatic heterocycles. The molecule has 1 aromatic carbocycles. The van der Waals surface area contributed by atoms with Crippen molar-refractivity contribution in [2.45, 2.75) is 39.8 Å². The summed E-state index contributed by atoms with van der Waals surface area (Å²) in [6.45, 7) is 6.23. The van der Waals surface area contributed by atoms with Gasteiger partial charge >= 0.3 is 5.69 Å². The lowest BCUT2D eigenvalue weighted by molar-refractivity contribution is -0.123. The molecule has 118 valence electrons. The molecule has 1 atom stereocenters. The minimum Gasteiger partial charge on any atom is -0.351 e. The van der Waals surface area contributed by atoms with Crippen molar-refractivity contribution < 1.29 is 4.79 Å². The minimum atomic E-state index is -0.384. The first kappa shape index (κ1) is 16.0. The van der Waals surface area contributed by atoms with Gasteiger partial charge in [-0.3, -0.25) is 9.36 Å². The highest BCUT2D eigenvalue weighted by molar-refractivity contribution is 5.76. The van der Waals surface area contributed by atoms with Crippen LogP contribution in [0.5, 0.6) is 0 Å². The van der Waals surface area contributed by atoms with Crippen molar-refractivity contribution in [2.75, 3.05) is 0 Å². The van der Waals surface area contributed by atoms with E-state index in [-0.39, 0.29) is 29.6 Å². The van der Waals surface area contributed by atoms with Crippen LogP contribution in [0, 0.1) is 5.41 Å². The van der Waals surface area contributed by atoms with Gasteiger partial charge in [0.2, 0.25) is 5.91 Å². The van der Waals surface area contributed by atoms with Gasteiger partial charge in [-0.1, -0.05) is 51.1 Å². The second-order valence-corrected chi connectivity index (χ2v) is 6.47. The molecule has 0 aliphatic rings. The highest BCUT2D eigenvalue weighted by Gasteiger charge is 2.26. The van der Waals surface area contributed by atoms with Gasteiger partial charge in [-0.15, -0.1) is 0 Å². The third-order valence-corrected chi connectivity index (χ3v) is 3.60. The second kappa shape index (κ2) is 6.60. The van der Waals surface area contributed by atoms with Crippen molar-refractivity contribution in [3.63, 3.8) is 0 Å². The molecule has 6 heteroatoms. The normalized spacial score (nSPS) is 12.9. The number of nitrogens with one attached hydrogen (secondary N) is 2. The Balaban J connectivity index is 2.05. The van der Waals surface area contributed by atoms with Gasteiger partial charge in [-0.05, 0) is 17.4 Å². The lowest BCUT2D eigenvalue weighted by Crippen LogP contribution is -2.46. The summed E-state index contributed by atoms with van der Waals surface area (Å²) in [4.78, 5) is 23.6. The van der Waals surface area contributed by atoms with Crippen LogP contribution in [0.1, 0.15) is 26.3 Å². The Morgan fingerprint density at radius 3 is 2.55 bits per heavy atom. The van der Waals surface area contributed by atoms with Gasteiger partial charge in [-0.2, -0.15) is 5.10 Å². The van der Waals surface area contributed by atoms with E-state index in [0.717, 1.165) is 6.42 Å². The molecule has 0 spiro atoms. The average molecular weight is 302 g/mol. The molecular formula is C16H22N4O2. The summed E-state index contributed by atoms with van der Waals surface area (Å²) in [6, 6.07) is 10.0. The first-order valence-electron chi connectivity index (χ1n) is 7.29. The maximum atomic E-state index is 12.2. The van der Waals surface area contributed by atoms with E-state index in [9.17, 15) is 9.59 Å². The van der Waals surface area contributed by atoms with E-state index in [4.69, 9.17) is 0 Å². The topological polar surface area (TPSA) is 79.8 Å². The molecule has 2 aromatic rings. The smallest absolute Gasteiger partial charge is 0.343 e. The maximum Gasteiger partial charge on any atom is 0.343 e. The lowest BCUT2D eigenvalue weighted by Gasteiger charge is -2.31. The van der Waals surface area contributed by atoms with Gasteiger partial charge in [0.05, 0.1) is 0 Å². The van der Waals surface area contributed by atoms with Crippen LogP contribution in [0.2, 0.25) is 0 Å². The molecule has 0 saturated carbocycles. The third-order valence-electron chi connectivity index (χ3n) is 3.60. The van der Waals surface area contributed by atoms with E-state index in [0.29, 0.717) is 0 Å². The number of H-pyrrole nitrogens is 1. The zero-order valence-corrected chi connectivity index (χ0v) is 13.2. The fraction of sp³-hybridized carbons (Fsp3) is 0.438. The Morgan fingerprint density at radius 1 is 1.32 bits per heavy atom. The van der Waals surface area contributed by atoms with Gasteiger partial charge in [0.25, 0.3) is 0 Å². The number of hydrogen-bond acceptors (Lipinski definition) is 3. The molecule has 2 rings (SSSR count). The molecule has 1 amide bonds. The molecule has 1 unspecified atom stereocenters. The largest absolute Gasteiger partial charge is 0.351 e. The molecule has 22 heavy (non-hydrogen) atoms. The summed E-state index contributed by atoms with van der Waals surface area (Å²) in [7, 11) is 0. The van der Waals surface area contributed by atoms with Gasteiger partial charge in [0.1, 0.15) is 12.9 Å². The van der Waals surface area contributed by atoms with E-state index < -0.39 is 0 Å². The summed E-state index contributed by atoms with van der Waals surface area (Å²) in [5.41, 5.74) is 0.695. The monoisotopic (exact) mass is 302 g/mol. The highest BCUT2D eigenvalue weighted by atomic mass is 16.2. The Labute approximate surface area is 129 Å². The number of nitrogens with zero attached hydrogens (tertiary/aromatic N) is 2. The minimum absolute atomic E-state index is 0.0231. The molecule has 0 fully saturated rings. The highest BCUT2D eigenvalue weighted by Crippen LogP contribution is 2.22. The van der Waals surface area contributed by atoms with Crippen LogP contribution in [0.3, 0.4) is 0 Å². The quantitative estimate of drug-likeness (QED) is 0.875. The van der Waals surface area contributed by atoms with Crippen molar-refractivity contribution in [1.29, 1.82) is 0 Å². The molecule has 0 aliphatic heterocycles. The van der Waals surface area contributed by atoms with Crippen LogP contribution in [-0.4, -0.2) is 26.7 Å². The predicted molar refractivity (Wildman–Crippen MR) is 84.4 cm³/mol. The second-order valence-electron chi connectivity index (χ2n) is 6.47. The molecule has 1 heterocycles. The number of rotatable bonds is 5. The number of aromatic nitrogens is 3. The van der Waals surface area contributed by atoms with E-state index >= 15 is 0 Å². The number of benzene rings is 1. The summed E-state index contributed by atoms with van der Waals surface area (Å²) in [5, 5.41) is 8.92. The third kappa shape index (κ3) is 4.31. The van der Waals surface area contributed by atoms with E-state index in [2.05, 4.69) is 36.3 Å². The molecule has 0 radical (unpaired) electrons. The first-order chi connectivity index (χ1) is 10.4. The maximum absolute atomic E-state index is 12.2. The van der Waals surface area contributed by atoms with Crippen LogP contribution >= 0.6 is 0 Å². The SMILES string of the molecule is CC(C)(C)C(Cc1ccccc1)NC(=O)Cn1cn[nH]c1=O. The fourth-order valence-electron chi connectivity index (χ4n) is 2.20. The van der Waals surface area contributed by atoms with Crippen LogP contribution in [-0.2, 0) is 17.8 Å². The van der Waals surface area contributed by atoms with Crippen LogP contribution in [0.25, 0.3) is 0 Å². The van der Waals surface area contributed by atoms with Gasteiger partial charge < -0.3 is 5.32 Å². The molecular weight excluding hydrogens is 280 g/mol. The average Bonchev–Trinajstić information content (AvgIpc) is 2.83. The Hall–Kier alpha value is -2.37. The van der Waals surface area contributed by atoms with Crippen molar-refractivity contribution >= 4 is 5.91 Å². The van der Waals surface area contributed by atoms with Crippen LogP contribution in [0.4, 0.5) is 0 Å². The molecule has 6 nitrogen and oxygen atoms in total. The van der Waals surface area contributed by atoms with Crippen molar-refractivity contribution in [3.05, 3.63) is 52.7 Å². The molecule has 0 aliphatic carbocycles. The number of hydrogen-bond donors (Lipinski definition) is 2. The lowest BCUT2D eigenvalue weighted by atomic mass is 9.83. The molecule has 0 bridgehead atoms. The van der Waals surface area contributed by atoms with Crippen LogP contribution < -0.4 is 11.0 Å². The molecule has 2 N–H and O–H groups in total. The van der Waals surface area contributed by atoms with Crippen LogP contribution in [0.15, 0.2) is 41.5 Å². The van der Waals surface area contributed by atoms with E-state index in [1.54, 1.807) is 0 Å². The standard InChI is InChI=1S/C16H22N4O2/c1-16(2,3)13(9-12-7-5-4-6-8-12)18-14(21)10-20-11-17-19-15(20)22/h4-8,11,13H,9-10H2,1-3H3,(H,18,21)(H,19,22). The van der Waals surface area contributed by atoms with Crippen molar-refractivity contribution in [2.24, 2.45) is 5.41 Å². The summed E-state index contributed by atoms with van der Waals surface area (Å²) >= 11 is 0. The number of aromatic amines is 1. The Kier molecular flexibility index (Phi) is 4.80. The Bertz CT molecular complexity index is 667. The first-order valence-corrected chi connectivity index (χ1v) is 7.29. The number of carbonyl (C=O) groups is 1. The van der Waals surface area contributed by atoms with Gasteiger partial charge in [0.15, 0.2) is 0 Å². The fourth-order valence-corrected chi connectivity index (χ4v) is 2.20. The zero-order valence-electron chi connectivity index (χ0n) is 13.2. The Morgan fingerprint density at radius 2 is 2.00 bits per heavy atom. The van der Waals surface area contributed by atoms with E-state index in [1.807, 2.05) is 30.3 Å². The van der Waals surface area contributed by atoms with Gasteiger partial charge in [-0.25, -0.2) is 9.89 Å². The van der Waals surface area contributed by atoms with E-state index in [1.165, 1.54) is 16.5 Å². The van der Waals surface area contributed by atoms with Gasteiger partial charge in [0, 0.05) is 6.04 Å². The summed E-state index contributed by atoms with van der Waals surface area (Å²) in [5.74, 6) is -0.195. The number of amides is 1. The molecule has 0 saturated heterocycles. The van der Waals surface area contributed by atoms with Crippen molar-refractivity contribution in [1.82, 2.24) is 20.1 Å². The predicted octanol–water partition coefficient (Wildman–Crippen LogP) is 1.34. The van der Waals surface area contributed by atoms with Crippen molar-refractivity contribution in [3.8, 4) is 0 Å². The summed E-state index contributed by atoms with van der Waals surface area (Å²) in [6.07, 6.45) is 2.07. The number of carbonyl (C=O) groups excluding carboxylic acids is 1.